The first kappa shape index (κ1) is 18.9. The molecule has 0 unspecified atom stereocenters. The highest BCUT2D eigenvalue weighted by molar-refractivity contribution is 5.84. The second kappa shape index (κ2) is 7.78. The molecule has 0 aromatic carbocycles. The maximum atomic E-state index is 12.7. The standard InChI is InChI=1S/C19H30N4O3/c1-19(2,26-3)18(25)22-11-7-16-15(13-22)5-6-17(24)23(16)10-4-9-21-12-8-20-14-21/h8,12,14-16H,4-7,9-11,13H2,1-3H3/t15-,16+/m0/s1. The number of hydrogen-bond donors (Lipinski definition) is 0. The lowest BCUT2D eigenvalue weighted by molar-refractivity contribution is -0.156. The zero-order valence-electron chi connectivity index (χ0n) is 16.1. The van der Waals surface area contributed by atoms with E-state index in [2.05, 4.69) is 9.88 Å². The van der Waals surface area contributed by atoms with Gasteiger partial charge in [-0.15, -0.1) is 0 Å². The Morgan fingerprint density at radius 3 is 2.85 bits per heavy atom. The molecule has 2 fully saturated rings. The minimum absolute atomic E-state index is 0.0435. The Balaban J connectivity index is 1.58. The lowest BCUT2D eigenvalue weighted by Crippen LogP contribution is -2.59. The third kappa shape index (κ3) is 3.92. The zero-order valence-corrected chi connectivity index (χ0v) is 16.1. The summed E-state index contributed by atoms with van der Waals surface area (Å²) in [7, 11) is 1.58. The molecular formula is C19H30N4O3. The van der Waals surface area contributed by atoms with E-state index >= 15 is 0 Å². The number of nitrogens with zero attached hydrogens (tertiary/aromatic N) is 4. The number of amides is 2. The largest absolute Gasteiger partial charge is 0.369 e. The van der Waals surface area contributed by atoms with Crippen LogP contribution in [0.25, 0.3) is 0 Å². The van der Waals surface area contributed by atoms with Crippen molar-refractivity contribution in [3.63, 3.8) is 0 Å². The molecule has 3 rings (SSSR count). The molecule has 2 aliphatic heterocycles. The highest BCUT2D eigenvalue weighted by atomic mass is 16.5. The molecule has 0 aliphatic carbocycles. The van der Waals surface area contributed by atoms with Crippen molar-refractivity contribution in [3.8, 4) is 0 Å². The molecule has 0 bridgehead atoms. The predicted molar refractivity (Wildman–Crippen MR) is 97.4 cm³/mol. The molecule has 2 aliphatic rings. The lowest BCUT2D eigenvalue weighted by Gasteiger charge is -2.48. The molecule has 0 spiro atoms. The van der Waals surface area contributed by atoms with Crippen LogP contribution in [0.15, 0.2) is 18.7 Å². The van der Waals surface area contributed by atoms with Gasteiger partial charge in [0.15, 0.2) is 0 Å². The third-order valence-electron chi connectivity index (χ3n) is 5.83. The summed E-state index contributed by atoms with van der Waals surface area (Å²) in [4.78, 5) is 33.2. The Kier molecular flexibility index (Phi) is 5.65. The van der Waals surface area contributed by atoms with Crippen LogP contribution in [0, 0.1) is 5.92 Å². The summed E-state index contributed by atoms with van der Waals surface area (Å²) < 4.78 is 7.39. The number of hydrogen-bond acceptors (Lipinski definition) is 4. The molecule has 7 nitrogen and oxygen atoms in total. The van der Waals surface area contributed by atoms with Gasteiger partial charge in [-0.3, -0.25) is 9.59 Å². The molecule has 144 valence electrons. The van der Waals surface area contributed by atoms with Gasteiger partial charge in [-0.25, -0.2) is 4.98 Å². The molecule has 0 saturated carbocycles. The summed E-state index contributed by atoms with van der Waals surface area (Å²) in [5, 5.41) is 0. The fourth-order valence-corrected chi connectivity index (χ4v) is 4.14. The topological polar surface area (TPSA) is 67.7 Å². The van der Waals surface area contributed by atoms with Gasteiger partial charge in [0.25, 0.3) is 5.91 Å². The molecule has 26 heavy (non-hydrogen) atoms. The summed E-state index contributed by atoms with van der Waals surface area (Å²) >= 11 is 0. The van der Waals surface area contributed by atoms with Gasteiger partial charge < -0.3 is 19.1 Å². The molecular weight excluding hydrogens is 332 g/mol. The minimum Gasteiger partial charge on any atom is -0.369 e. The Labute approximate surface area is 155 Å². The van der Waals surface area contributed by atoms with Gasteiger partial charge in [0, 0.05) is 58.1 Å². The number of carbonyl (C=O) groups excluding carboxylic acids is 2. The van der Waals surface area contributed by atoms with E-state index in [9.17, 15) is 9.59 Å². The van der Waals surface area contributed by atoms with Crippen molar-refractivity contribution < 1.29 is 14.3 Å². The normalized spacial score (nSPS) is 23.9. The van der Waals surface area contributed by atoms with Crippen LogP contribution in [-0.2, 0) is 20.9 Å². The number of aromatic nitrogens is 2. The van der Waals surface area contributed by atoms with E-state index in [0.29, 0.717) is 18.9 Å². The molecule has 0 radical (unpaired) electrons. The predicted octanol–water partition coefficient (Wildman–Crippen LogP) is 1.54. The van der Waals surface area contributed by atoms with Gasteiger partial charge in [0.05, 0.1) is 6.33 Å². The summed E-state index contributed by atoms with van der Waals surface area (Å²) in [6, 6.07) is 0.258. The zero-order chi connectivity index (χ0) is 18.7. The van der Waals surface area contributed by atoms with Gasteiger partial charge in [-0.2, -0.15) is 0 Å². The molecule has 2 saturated heterocycles. The monoisotopic (exact) mass is 362 g/mol. The average molecular weight is 362 g/mol. The molecule has 1 aromatic heterocycles. The van der Waals surface area contributed by atoms with Crippen LogP contribution in [0.3, 0.4) is 0 Å². The molecule has 3 heterocycles. The molecule has 0 N–H and O–H groups in total. The summed E-state index contributed by atoms with van der Waals surface area (Å²) in [5.41, 5.74) is -0.790. The van der Waals surface area contributed by atoms with Crippen molar-refractivity contribution in [2.75, 3.05) is 26.7 Å². The summed E-state index contributed by atoms with van der Waals surface area (Å²) in [6.07, 6.45) is 8.76. The van der Waals surface area contributed by atoms with Crippen molar-refractivity contribution in [2.45, 2.75) is 57.7 Å². The van der Waals surface area contributed by atoms with Crippen molar-refractivity contribution in [3.05, 3.63) is 18.7 Å². The molecule has 2 atom stereocenters. The van der Waals surface area contributed by atoms with Crippen LogP contribution in [-0.4, -0.2) is 69.6 Å². The number of fused-ring (bicyclic) bond motifs is 1. The second-order valence-electron chi connectivity index (χ2n) is 7.86. The van der Waals surface area contributed by atoms with Crippen LogP contribution in [0.5, 0.6) is 0 Å². The van der Waals surface area contributed by atoms with E-state index in [0.717, 1.165) is 38.9 Å². The number of ether oxygens (including phenoxy) is 1. The van der Waals surface area contributed by atoms with Crippen LogP contribution in [0.4, 0.5) is 0 Å². The highest BCUT2D eigenvalue weighted by Gasteiger charge is 2.42. The van der Waals surface area contributed by atoms with Crippen LogP contribution in [0.1, 0.15) is 39.5 Å². The van der Waals surface area contributed by atoms with Gasteiger partial charge >= 0.3 is 0 Å². The van der Waals surface area contributed by atoms with Crippen LogP contribution < -0.4 is 0 Å². The van der Waals surface area contributed by atoms with Crippen LogP contribution >= 0.6 is 0 Å². The van der Waals surface area contributed by atoms with Gasteiger partial charge in [0.1, 0.15) is 5.60 Å². The van der Waals surface area contributed by atoms with E-state index in [1.54, 1.807) is 13.3 Å². The number of carbonyl (C=O) groups is 2. The van der Waals surface area contributed by atoms with Crippen LogP contribution in [0.2, 0.25) is 0 Å². The number of methoxy groups -OCH3 is 1. The average Bonchev–Trinajstić information content (AvgIpc) is 3.16. The number of imidazole rings is 1. The van der Waals surface area contributed by atoms with E-state index in [1.807, 2.05) is 35.8 Å². The molecule has 2 amide bonds. The maximum Gasteiger partial charge on any atom is 0.254 e. The van der Waals surface area contributed by atoms with Gasteiger partial charge in [0.2, 0.25) is 5.91 Å². The van der Waals surface area contributed by atoms with E-state index in [-0.39, 0.29) is 17.9 Å². The van der Waals surface area contributed by atoms with Gasteiger partial charge in [-0.1, -0.05) is 0 Å². The lowest BCUT2D eigenvalue weighted by atomic mass is 9.83. The minimum atomic E-state index is -0.790. The summed E-state index contributed by atoms with van der Waals surface area (Å²) in [5.74, 6) is 0.669. The first-order valence-electron chi connectivity index (χ1n) is 9.52. The Morgan fingerprint density at radius 1 is 1.35 bits per heavy atom. The van der Waals surface area contributed by atoms with Crippen molar-refractivity contribution in [1.82, 2.24) is 19.4 Å². The Morgan fingerprint density at radius 2 is 2.15 bits per heavy atom. The number of rotatable bonds is 6. The smallest absolute Gasteiger partial charge is 0.254 e. The van der Waals surface area contributed by atoms with E-state index in [1.165, 1.54) is 0 Å². The number of piperidine rings is 2. The second-order valence-corrected chi connectivity index (χ2v) is 7.86. The van der Waals surface area contributed by atoms with E-state index < -0.39 is 5.60 Å². The number of likely N-dealkylation sites (tertiary alicyclic amines) is 2. The first-order chi connectivity index (χ1) is 12.4. The van der Waals surface area contributed by atoms with Gasteiger partial charge in [-0.05, 0) is 39.0 Å². The van der Waals surface area contributed by atoms with Crippen molar-refractivity contribution >= 4 is 11.8 Å². The fourth-order valence-electron chi connectivity index (χ4n) is 4.14. The maximum absolute atomic E-state index is 12.7. The summed E-state index contributed by atoms with van der Waals surface area (Å²) in [6.45, 7) is 6.69. The molecule has 7 heteroatoms. The SMILES string of the molecule is COC(C)(C)C(=O)N1CC[C@@H]2[C@@H](CCC(=O)N2CCCn2ccnc2)C1. The fraction of sp³-hybridized carbons (Fsp3) is 0.737. The number of aryl methyl sites for hydroxylation is 1. The Hall–Kier alpha value is -1.89. The quantitative estimate of drug-likeness (QED) is 0.770. The highest BCUT2D eigenvalue weighted by Crippen LogP contribution is 2.32. The van der Waals surface area contributed by atoms with E-state index in [4.69, 9.17) is 4.74 Å². The first-order valence-corrected chi connectivity index (χ1v) is 9.52. The van der Waals surface area contributed by atoms with Crippen molar-refractivity contribution in [1.29, 1.82) is 0 Å². The Bertz CT molecular complexity index is 629. The van der Waals surface area contributed by atoms with Crippen molar-refractivity contribution in [2.24, 2.45) is 5.92 Å². The third-order valence-corrected chi connectivity index (χ3v) is 5.83. The molecule has 1 aromatic rings.